The highest BCUT2D eigenvalue weighted by atomic mass is 19.1. The number of benzene rings is 3. The second-order valence-corrected chi connectivity index (χ2v) is 7.02. The molecular weight excluding hydrogens is 355 g/mol. The van der Waals surface area contributed by atoms with E-state index in [2.05, 4.69) is 5.32 Å². The lowest BCUT2D eigenvalue weighted by Gasteiger charge is -2.22. The smallest absolute Gasteiger partial charge is 0.319 e. The largest absolute Gasteiger partial charge is 0.325 e. The van der Waals surface area contributed by atoms with Gasteiger partial charge in [-0.3, -0.25) is 9.69 Å². The lowest BCUT2D eigenvalue weighted by atomic mass is 9.92. The van der Waals surface area contributed by atoms with Crippen molar-refractivity contribution in [1.29, 1.82) is 0 Å². The predicted molar refractivity (Wildman–Crippen MR) is 105 cm³/mol. The van der Waals surface area contributed by atoms with Crippen LogP contribution in [0.15, 0.2) is 78.9 Å². The second-order valence-electron chi connectivity index (χ2n) is 7.02. The molecule has 0 aromatic heterocycles. The van der Waals surface area contributed by atoms with Gasteiger partial charge in [0.2, 0.25) is 0 Å². The highest BCUT2D eigenvalue weighted by molar-refractivity contribution is 6.07. The summed E-state index contributed by atoms with van der Waals surface area (Å²) in [6.07, 6.45) is 0. The zero-order chi connectivity index (χ0) is 19.7. The molecule has 1 atom stereocenters. The summed E-state index contributed by atoms with van der Waals surface area (Å²) in [6.45, 7) is 1.81. The molecule has 1 saturated heterocycles. The van der Waals surface area contributed by atoms with Crippen LogP contribution in [0.3, 0.4) is 0 Å². The maximum absolute atomic E-state index is 13.2. The number of amides is 3. The average molecular weight is 374 g/mol. The molecule has 1 unspecified atom stereocenters. The predicted octanol–water partition coefficient (Wildman–Crippen LogP) is 4.46. The van der Waals surface area contributed by atoms with Crippen LogP contribution in [0.1, 0.15) is 18.1 Å². The van der Waals surface area contributed by atoms with Gasteiger partial charge in [0.15, 0.2) is 0 Å². The quantitative estimate of drug-likeness (QED) is 0.686. The third-order valence-electron chi connectivity index (χ3n) is 5.10. The van der Waals surface area contributed by atoms with Crippen molar-refractivity contribution in [3.63, 3.8) is 0 Å². The van der Waals surface area contributed by atoms with Crippen molar-refractivity contribution >= 4 is 11.9 Å². The van der Waals surface area contributed by atoms with Crippen LogP contribution in [-0.2, 0) is 16.9 Å². The summed E-state index contributed by atoms with van der Waals surface area (Å²) in [5, 5.41) is 2.74. The maximum Gasteiger partial charge on any atom is 0.325 e. The molecule has 4 rings (SSSR count). The zero-order valence-electron chi connectivity index (χ0n) is 15.4. The Morgan fingerprint density at radius 1 is 0.857 bits per heavy atom. The molecule has 1 aliphatic rings. The number of halogens is 1. The Balaban J connectivity index is 1.54. The Hall–Kier alpha value is -3.47. The van der Waals surface area contributed by atoms with Crippen molar-refractivity contribution in [2.75, 3.05) is 0 Å². The van der Waals surface area contributed by atoms with Crippen molar-refractivity contribution in [1.82, 2.24) is 10.2 Å². The molecule has 3 aromatic rings. The minimum atomic E-state index is -1.20. The molecule has 1 fully saturated rings. The molecule has 0 aliphatic carbocycles. The van der Waals surface area contributed by atoms with Crippen molar-refractivity contribution in [3.8, 4) is 11.1 Å². The van der Waals surface area contributed by atoms with Gasteiger partial charge < -0.3 is 5.32 Å². The molecular formula is C23H19FN2O2. The van der Waals surface area contributed by atoms with E-state index in [0.717, 1.165) is 16.7 Å². The van der Waals surface area contributed by atoms with Gasteiger partial charge in [-0.2, -0.15) is 0 Å². The molecule has 0 radical (unpaired) electrons. The molecule has 28 heavy (non-hydrogen) atoms. The summed E-state index contributed by atoms with van der Waals surface area (Å²) in [4.78, 5) is 26.6. The summed E-state index contributed by atoms with van der Waals surface area (Å²) < 4.78 is 13.2. The molecule has 5 heteroatoms. The standard InChI is InChI=1S/C23H19FN2O2/c1-23(19-11-13-20(24)14-12-19)21(27)26(22(28)25-23)15-16-7-9-18(10-8-16)17-5-3-2-4-6-17/h2-14H,15H2,1H3,(H,25,28). The highest BCUT2D eigenvalue weighted by Crippen LogP contribution is 2.30. The third-order valence-corrected chi connectivity index (χ3v) is 5.10. The van der Waals surface area contributed by atoms with Crippen LogP contribution in [0.25, 0.3) is 11.1 Å². The van der Waals surface area contributed by atoms with Crippen molar-refractivity contribution in [2.45, 2.75) is 19.0 Å². The van der Waals surface area contributed by atoms with Crippen LogP contribution in [0.2, 0.25) is 0 Å². The van der Waals surface area contributed by atoms with Crippen molar-refractivity contribution in [3.05, 3.63) is 95.8 Å². The number of hydrogen-bond donors (Lipinski definition) is 1. The van der Waals surface area contributed by atoms with Crippen molar-refractivity contribution < 1.29 is 14.0 Å². The van der Waals surface area contributed by atoms with Gasteiger partial charge in [-0.15, -0.1) is 0 Å². The average Bonchev–Trinajstić information content (AvgIpc) is 2.93. The van der Waals surface area contributed by atoms with Crippen LogP contribution in [0.5, 0.6) is 0 Å². The Kier molecular flexibility index (Phi) is 4.43. The van der Waals surface area contributed by atoms with E-state index in [1.165, 1.54) is 29.2 Å². The lowest BCUT2D eigenvalue weighted by Crippen LogP contribution is -2.40. The van der Waals surface area contributed by atoms with Gasteiger partial charge in [0, 0.05) is 0 Å². The first-order valence-corrected chi connectivity index (χ1v) is 9.02. The van der Waals surface area contributed by atoms with Gasteiger partial charge in [-0.1, -0.05) is 66.7 Å². The first kappa shape index (κ1) is 17.9. The van der Waals surface area contributed by atoms with Crippen molar-refractivity contribution in [2.24, 2.45) is 0 Å². The molecule has 1 heterocycles. The molecule has 0 saturated carbocycles. The fourth-order valence-electron chi connectivity index (χ4n) is 3.44. The Morgan fingerprint density at radius 2 is 1.46 bits per heavy atom. The number of urea groups is 1. The van der Waals surface area contributed by atoms with E-state index >= 15 is 0 Å². The molecule has 3 amide bonds. The monoisotopic (exact) mass is 374 g/mol. The topological polar surface area (TPSA) is 49.4 Å². The molecule has 1 N–H and O–H groups in total. The summed E-state index contributed by atoms with van der Waals surface area (Å²) in [5.74, 6) is -0.740. The first-order chi connectivity index (χ1) is 13.5. The minimum Gasteiger partial charge on any atom is -0.319 e. The number of nitrogens with zero attached hydrogens (tertiary/aromatic N) is 1. The number of hydrogen-bond acceptors (Lipinski definition) is 2. The van der Waals surface area contributed by atoms with E-state index < -0.39 is 11.6 Å². The van der Waals surface area contributed by atoms with E-state index in [-0.39, 0.29) is 18.3 Å². The highest BCUT2D eigenvalue weighted by Gasteiger charge is 2.48. The number of imide groups is 1. The second kappa shape index (κ2) is 6.93. The molecule has 1 aliphatic heterocycles. The fraction of sp³-hybridized carbons (Fsp3) is 0.130. The van der Waals surface area contributed by atoms with E-state index in [0.29, 0.717) is 5.56 Å². The van der Waals surface area contributed by atoms with Gasteiger partial charge in [-0.05, 0) is 41.3 Å². The van der Waals surface area contributed by atoms with Crippen LogP contribution >= 0.6 is 0 Å². The zero-order valence-corrected chi connectivity index (χ0v) is 15.4. The molecule has 0 spiro atoms. The number of nitrogens with one attached hydrogen (secondary N) is 1. The normalized spacial score (nSPS) is 19.0. The van der Waals surface area contributed by atoms with Crippen LogP contribution in [0.4, 0.5) is 9.18 Å². The fourth-order valence-corrected chi connectivity index (χ4v) is 3.44. The molecule has 3 aromatic carbocycles. The Labute approximate surface area is 162 Å². The van der Waals surface area contributed by atoms with Gasteiger partial charge >= 0.3 is 6.03 Å². The van der Waals surface area contributed by atoms with E-state index in [1.807, 2.05) is 54.6 Å². The van der Waals surface area contributed by atoms with Gasteiger partial charge in [0.25, 0.3) is 5.91 Å². The summed E-state index contributed by atoms with van der Waals surface area (Å²) >= 11 is 0. The Bertz CT molecular complexity index is 1020. The summed E-state index contributed by atoms with van der Waals surface area (Å²) in [5.41, 5.74) is 2.38. The SMILES string of the molecule is CC1(c2ccc(F)cc2)NC(=O)N(Cc2ccc(-c3ccccc3)cc2)C1=O. The first-order valence-electron chi connectivity index (χ1n) is 9.02. The minimum absolute atomic E-state index is 0.177. The summed E-state index contributed by atoms with van der Waals surface area (Å²) in [7, 11) is 0. The maximum atomic E-state index is 13.2. The number of rotatable bonds is 4. The lowest BCUT2D eigenvalue weighted by molar-refractivity contribution is -0.131. The Morgan fingerprint density at radius 3 is 2.11 bits per heavy atom. The number of carbonyl (C=O) groups is 2. The number of carbonyl (C=O) groups excluding carboxylic acids is 2. The van der Waals surface area contributed by atoms with Gasteiger partial charge in [0.1, 0.15) is 11.4 Å². The van der Waals surface area contributed by atoms with Gasteiger partial charge in [0.05, 0.1) is 6.54 Å². The molecule has 140 valence electrons. The van der Waals surface area contributed by atoms with E-state index in [1.54, 1.807) is 6.92 Å². The van der Waals surface area contributed by atoms with Crippen LogP contribution in [-0.4, -0.2) is 16.8 Å². The van der Waals surface area contributed by atoms with E-state index in [4.69, 9.17) is 0 Å². The van der Waals surface area contributed by atoms with Gasteiger partial charge in [-0.25, -0.2) is 9.18 Å². The van der Waals surface area contributed by atoms with E-state index in [9.17, 15) is 14.0 Å². The van der Waals surface area contributed by atoms with Crippen LogP contribution in [0, 0.1) is 5.82 Å². The molecule has 4 nitrogen and oxygen atoms in total. The summed E-state index contributed by atoms with van der Waals surface area (Å²) in [6, 6.07) is 22.9. The third kappa shape index (κ3) is 3.16. The molecule has 0 bridgehead atoms. The van der Waals surface area contributed by atoms with Crippen LogP contribution < -0.4 is 5.32 Å².